The van der Waals surface area contributed by atoms with Crippen molar-refractivity contribution in [2.75, 3.05) is 13.2 Å². The van der Waals surface area contributed by atoms with Crippen LogP contribution in [0.5, 0.6) is 0 Å². The molecule has 0 spiro atoms. The fourth-order valence-corrected chi connectivity index (χ4v) is 1.82. The largest absolute Gasteiger partial charge is 0.479 e. The highest BCUT2D eigenvalue weighted by Crippen LogP contribution is 2.35. The van der Waals surface area contributed by atoms with Crippen LogP contribution in [0, 0.1) is 5.92 Å². The quantitative estimate of drug-likeness (QED) is 0.632. The van der Waals surface area contributed by atoms with Crippen LogP contribution in [0.1, 0.15) is 39.0 Å². The predicted octanol–water partition coefficient (Wildman–Crippen LogP) is 1.42. The smallest absolute Gasteiger partial charge is 0.335 e. The molecule has 0 aliphatic heterocycles. The number of aliphatic hydroxyl groups excluding tert-OH is 1. The van der Waals surface area contributed by atoms with Crippen molar-refractivity contribution in [1.29, 1.82) is 0 Å². The van der Waals surface area contributed by atoms with Gasteiger partial charge in [0.05, 0.1) is 6.61 Å². The molecule has 0 aromatic carbocycles. The normalized spacial score (nSPS) is 20.7. The van der Waals surface area contributed by atoms with Gasteiger partial charge in [-0.1, -0.05) is 19.3 Å². The minimum absolute atomic E-state index is 0.0408. The average Bonchev–Trinajstić information content (AvgIpc) is 2.12. The minimum Gasteiger partial charge on any atom is -0.479 e. The van der Waals surface area contributed by atoms with E-state index >= 15 is 0 Å². The number of carboxylic acids is 1. The maximum absolute atomic E-state index is 11.1. The zero-order chi connectivity index (χ0) is 11.3. The van der Waals surface area contributed by atoms with E-state index in [4.69, 9.17) is 14.9 Å². The SMILES string of the molecule is CC(CC1CCC1)(OCCCO)C(=O)O. The Morgan fingerprint density at radius 3 is 2.60 bits per heavy atom. The van der Waals surface area contributed by atoms with Crippen molar-refractivity contribution in [2.45, 2.75) is 44.6 Å². The maximum Gasteiger partial charge on any atom is 0.335 e. The Hall–Kier alpha value is -0.610. The molecule has 1 rings (SSSR count). The summed E-state index contributed by atoms with van der Waals surface area (Å²) >= 11 is 0. The zero-order valence-electron chi connectivity index (χ0n) is 9.24. The minimum atomic E-state index is -1.07. The molecule has 15 heavy (non-hydrogen) atoms. The first-order valence-corrected chi connectivity index (χ1v) is 5.57. The lowest BCUT2D eigenvalue weighted by Crippen LogP contribution is -2.41. The van der Waals surface area contributed by atoms with Crippen LogP contribution in [0.3, 0.4) is 0 Å². The van der Waals surface area contributed by atoms with Gasteiger partial charge in [0.2, 0.25) is 0 Å². The Morgan fingerprint density at radius 2 is 2.20 bits per heavy atom. The molecule has 1 atom stereocenters. The molecule has 1 aliphatic rings. The molecule has 1 aliphatic carbocycles. The van der Waals surface area contributed by atoms with E-state index < -0.39 is 11.6 Å². The van der Waals surface area contributed by atoms with Gasteiger partial charge >= 0.3 is 5.97 Å². The van der Waals surface area contributed by atoms with Gasteiger partial charge < -0.3 is 14.9 Å². The van der Waals surface area contributed by atoms with Crippen LogP contribution >= 0.6 is 0 Å². The van der Waals surface area contributed by atoms with Gasteiger partial charge in [0.25, 0.3) is 0 Å². The van der Waals surface area contributed by atoms with Crippen molar-refractivity contribution in [3.05, 3.63) is 0 Å². The van der Waals surface area contributed by atoms with E-state index in [1.54, 1.807) is 6.92 Å². The Morgan fingerprint density at radius 1 is 1.53 bits per heavy atom. The fraction of sp³-hybridized carbons (Fsp3) is 0.909. The molecule has 88 valence electrons. The van der Waals surface area contributed by atoms with Crippen molar-refractivity contribution in [3.63, 3.8) is 0 Å². The number of carbonyl (C=O) groups is 1. The highest BCUT2D eigenvalue weighted by atomic mass is 16.5. The molecule has 0 heterocycles. The van der Waals surface area contributed by atoms with E-state index in [1.165, 1.54) is 6.42 Å². The van der Waals surface area contributed by atoms with E-state index in [0.717, 1.165) is 12.8 Å². The zero-order valence-corrected chi connectivity index (χ0v) is 9.24. The van der Waals surface area contributed by atoms with E-state index in [-0.39, 0.29) is 6.61 Å². The highest BCUT2D eigenvalue weighted by molar-refractivity contribution is 5.76. The summed E-state index contributed by atoms with van der Waals surface area (Å²) in [6.07, 6.45) is 4.52. The highest BCUT2D eigenvalue weighted by Gasteiger charge is 2.38. The van der Waals surface area contributed by atoms with E-state index in [2.05, 4.69) is 0 Å². The summed E-state index contributed by atoms with van der Waals surface area (Å²) in [5, 5.41) is 17.7. The van der Waals surface area contributed by atoms with Crippen molar-refractivity contribution in [1.82, 2.24) is 0 Å². The predicted molar refractivity (Wildman–Crippen MR) is 55.7 cm³/mol. The molecule has 4 nitrogen and oxygen atoms in total. The summed E-state index contributed by atoms with van der Waals surface area (Å²) in [7, 11) is 0. The molecule has 2 N–H and O–H groups in total. The molecule has 1 unspecified atom stereocenters. The van der Waals surface area contributed by atoms with Crippen molar-refractivity contribution in [2.24, 2.45) is 5.92 Å². The average molecular weight is 216 g/mol. The number of ether oxygens (including phenoxy) is 1. The Kier molecular flexibility index (Phi) is 4.54. The third-order valence-electron chi connectivity index (χ3n) is 3.08. The Bertz CT molecular complexity index is 213. The van der Waals surface area contributed by atoms with E-state index in [9.17, 15) is 4.79 Å². The Labute approximate surface area is 90.2 Å². The number of hydrogen-bond donors (Lipinski definition) is 2. The van der Waals surface area contributed by atoms with E-state index in [1.807, 2.05) is 0 Å². The van der Waals surface area contributed by atoms with Crippen LogP contribution in [0.25, 0.3) is 0 Å². The molecular weight excluding hydrogens is 196 g/mol. The van der Waals surface area contributed by atoms with Crippen molar-refractivity contribution < 1.29 is 19.7 Å². The third-order valence-corrected chi connectivity index (χ3v) is 3.08. The van der Waals surface area contributed by atoms with Gasteiger partial charge in [0.1, 0.15) is 0 Å². The number of carboxylic acid groups (broad SMARTS) is 1. The fourth-order valence-electron chi connectivity index (χ4n) is 1.82. The van der Waals surface area contributed by atoms with Gasteiger partial charge in [0, 0.05) is 6.61 Å². The molecular formula is C11H20O4. The number of aliphatic hydroxyl groups is 1. The van der Waals surface area contributed by atoms with Gasteiger partial charge in [-0.05, 0) is 25.7 Å². The number of hydrogen-bond acceptors (Lipinski definition) is 3. The Balaban J connectivity index is 2.40. The lowest BCUT2D eigenvalue weighted by molar-refractivity contribution is -0.167. The van der Waals surface area contributed by atoms with Crippen LogP contribution in [0.15, 0.2) is 0 Å². The van der Waals surface area contributed by atoms with Crippen LogP contribution in [0.4, 0.5) is 0 Å². The first kappa shape index (κ1) is 12.5. The standard InChI is InChI=1S/C11H20O4/c1-11(10(13)14,15-7-3-6-12)8-9-4-2-5-9/h9,12H,2-8H2,1H3,(H,13,14). The lowest BCUT2D eigenvalue weighted by Gasteiger charge is -2.34. The van der Waals surface area contributed by atoms with Crippen molar-refractivity contribution >= 4 is 5.97 Å². The molecule has 0 amide bonds. The van der Waals surface area contributed by atoms with Crippen molar-refractivity contribution in [3.8, 4) is 0 Å². The second kappa shape index (κ2) is 5.47. The molecule has 1 saturated carbocycles. The molecule has 0 radical (unpaired) electrons. The van der Waals surface area contributed by atoms with Gasteiger partial charge in [-0.3, -0.25) is 0 Å². The van der Waals surface area contributed by atoms with Crippen LogP contribution in [0.2, 0.25) is 0 Å². The summed E-state index contributed by atoms with van der Waals surface area (Å²) < 4.78 is 5.38. The van der Waals surface area contributed by atoms with Gasteiger partial charge in [-0.25, -0.2) is 4.79 Å². The summed E-state index contributed by atoms with van der Waals surface area (Å²) in [5.74, 6) is -0.396. The van der Waals surface area contributed by atoms with Crippen LogP contribution in [-0.2, 0) is 9.53 Å². The molecule has 0 bridgehead atoms. The van der Waals surface area contributed by atoms with Crippen LogP contribution < -0.4 is 0 Å². The number of aliphatic carboxylic acids is 1. The van der Waals surface area contributed by atoms with Gasteiger partial charge in [-0.15, -0.1) is 0 Å². The second-order valence-corrected chi connectivity index (χ2v) is 4.46. The molecule has 0 aromatic rings. The summed E-state index contributed by atoms with van der Waals surface area (Å²) in [6.45, 7) is 1.98. The van der Waals surface area contributed by atoms with Gasteiger partial charge in [-0.2, -0.15) is 0 Å². The lowest BCUT2D eigenvalue weighted by atomic mass is 9.78. The first-order chi connectivity index (χ1) is 7.08. The van der Waals surface area contributed by atoms with Crippen LogP contribution in [-0.4, -0.2) is 35.0 Å². The molecule has 0 aromatic heterocycles. The second-order valence-electron chi connectivity index (χ2n) is 4.46. The first-order valence-electron chi connectivity index (χ1n) is 5.57. The number of rotatable bonds is 7. The summed E-state index contributed by atoms with van der Waals surface area (Å²) in [4.78, 5) is 11.1. The topological polar surface area (TPSA) is 66.8 Å². The monoisotopic (exact) mass is 216 g/mol. The molecule has 0 saturated heterocycles. The third kappa shape index (κ3) is 3.47. The van der Waals surface area contributed by atoms with Gasteiger partial charge in [0.15, 0.2) is 5.60 Å². The van der Waals surface area contributed by atoms with E-state index in [0.29, 0.717) is 25.4 Å². The molecule has 4 heteroatoms. The molecule has 1 fully saturated rings. The maximum atomic E-state index is 11.1. The summed E-state index contributed by atoms with van der Waals surface area (Å²) in [6, 6.07) is 0. The summed E-state index contributed by atoms with van der Waals surface area (Å²) in [5.41, 5.74) is -1.07.